The number of pyridine rings is 1. The molecular formula is C13H17N3O2S2. The summed E-state index contributed by atoms with van der Waals surface area (Å²) in [5.41, 5.74) is 6.28. The first-order chi connectivity index (χ1) is 9.42. The minimum atomic E-state index is -3.49. The van der Waals surface area contributed by atoms with Crippen LogP contribution in [0.1, 0.15) is 6.92 Å². The lowest BCUT2D eigenvalue weighted by atomic mass is 10.2. The van der Waals surface area contributed by atoms with Crippen molar-refractivity contribution in [3.8, 4) is 0 Å². The summed E-state index contributed by atoms with van der Waals surface area (Å²) in [5, 5.41) is 0.978. The predicted octanol–water partition coefficient (Wildman–Crippen LogP) is 1.85. The molecule has 20 heavy (non-hydrogen) atoms. The van der Waals surface area contributed by atoms with Crippen LogP contribution in [0.25, 0.3) is 10.9 Å². The molecule has 5 nitrogen and oxygen atoms in total. The molecule has 0 radical (unpaired) electrons. The quantitative estimate of drug-likeness (QED) is 0.880. The van der Waals surface area contributed by atoms with Gasteiger partial charge in [0, 0.05) is 17.2 Å². The predicted molar refractivity (Wildman–Crippen MR) is 84.3 cm³/mol. The molecule has 0 aliphatic heterocycles. The van der Waals surface area contributed by atoms with Gasteiger partial charge in [-0.15, -0.1) is 0 Å². The molecule has 0 saturated heterocycles. The molecule has 0 spiro atoms. The zero-order valence-corrected chi connectivity index (χ0v) is 13.0. The average molecular weight is 311 g/mol. The van der Waals surface area contributed by atoms with Gasteiger partial charge in [-0.25, -0.2) is 18.1 Å². The van der Waals surface area contributed by atoms with Gasteiger partial charge in [-0.2, -0.15) is 11.8 Å². The maximum Gasteiger partial charge on any atom is 0.240 e. The Hall–Kier alpha value is -1.31. The molecule has 2 rings (SSSR count). The Labute approximate surface area is 123 Å². The molecule has 1 aromatic heterocycles. The number of hydrogen-bond acceptors (Lipinski definition) is 5. The smallest absolute Gasteiger partial charge is 0.240 e. The number of aromatic nitrogens is 1. The third kappa shape index (κ3) is 3.41. The van der Waals surface area contributed by atoms with E-state index in [1.165, 1.54) is 0 Å². The van der Waals surface area contributed by atoms with Crippen LogP contribution in [0.2, 0.25) is 0 Å². The largest absolute Gasteiger partial charge is 0.384 e. The van der Waals surface area contributed by atoms with E-state index in [4.69, 9.17) is 5.73 Å². The summed E-state index contributed by atoms with van der Waals surface area (Å²) in [5.74, 6) is 0.417. The fraction of sp³-hybridized carbons (Fsp3) is 0.308. The molecule has 0 aliphatic rings. The lowest BCUT2D eigenvalue weighted by Gasteiger charge is -2.11. The molecule has 1 heterocycles. The summed E-state index contributed by atoms with van der Waals surface area (Å²) >= 11 is 1.61. The Morgan fingerprint density at radius 2 is 2.10 bits per heavy atom. The first-order valence-electron chi connectivity index (χ1n) is 6.11. The average Bonchev–Trinajstić information content (AvgIpc) is 2.44. The molecule has 0 saturated carbocycles. The molecule has 0 fully saturated rings. The van der Waals surface area contributed by atoms with Crippen LogP contribution in [0, 0.1) is 0 Å². The molecule has 1 unspecified atom stereocenters. The first-order valence-corrected chi connectivity index (χ1v) is 8.88. The number of anilines is 1. The van der Waals surface area contributed by atoms with Crippen LogP contribution in [0.3, 0.4) is 0 Å². The van der Waals surface area contributed by atoms with E-state index >= 15 is 0 Å². The number of rotatable bonds is 5. The van der Waals surface area contributed by atoms with E-state index in [-0.39, 0.29) is 10.1 Å². The van der Waals surface area contributed by atoms with Crippen molar-refractivity contribution in [2.45, 2.75) is 17.1 Å². The first kappa shape index (κ1) is 15.1. The van der Waals surface area contributed by atoms with Gasteiger partial charge in [-0.3, -0.25) is 0 Å². The van der Waals surface area contributed by atoms with Gasteiger partial charge in [0.2, 0.25) is 10.0 Å². The van der Waals surface area contributed by atoms with Crippen LogP contribution in [-0.4, -0.2) is 31.5 Å². The lowest BCUT2D eigenvalue weighted by molar-refractivity contribution is 0.581. The van der Waals surface area contributed by atoms with Crippen molar-refractivity contribution < 1.29 is 8.42 Å². The monoisotopic (exact) mass is 311 g/mol. The number of nitrogens with one attached hydrogen (secondary N) is 1. The van der Waals surface area contributed by atoms with Gasteiger partial charge < -0.3 is 5.73 Å². The van der Waals surface area contributed by atoms with Crippen molar-refractivity contribution in [3.05, 3.63) is 30.3 Å². The molecular weight excluding hydrogens is 294 g/mol. The Balaban J connectivity index is 2.30. The molecule has 1 atom stereocenters. The summed E-state index contributed by atoms with van der Waals surface area (Å²) in [7, 11) is -3.49. The molecule has 1 aromatic carbocycles. The van der Waals surface area contributed by atoms with E-state index in [1.54, 1.807) is 42.1 Å². The standard InChI is InChI=1S/C13H17N3O2S2/c1-9(19-2)8-15-20(17,18)11-4-5-12-10(7-11)3-6-13(14)16-12/h3-7,9,15H,8H2,1-2H3,(H2,14,16). The van der Waals surface area contributed by atoms with E-state index in [0.29, 0.717) is 17.9 Å². The second kappa shape index (κ2) is 5.99. The minimum absolute atomic E-state index is 0.228. The van der Waals surface area contributed by atoms with Crippen LogP contribution < -0.4 is 10.5 Å². The second-order valence-corrected chi connectivity index (χ2v) is 7.53. The number of fused-ring (bicyclic) bond motifs is 1. The number of hydrogen-bond donors (Lipinski definition) is 2. The highest BCUT2D eigenvalue weighted by Crippen LogP contribution is 2.19. The molecule has 108 valence electrons. The maximum atomic E-state index is 12.2. The van der Waals surface area contributed by atoms with Crippen molar-refractivity contribution in [3.63, 3.8) is 0 Å². The zero-order valence-electron chi connectivity index (χ0n) is 11.3. The van der Waals surface area contributed by atoms with E-state index in [1.807, 2.05) is 13.2 Å². The number of sulfonamides is 1. The van der Waals surface area contributed by atoms with Gasteiger partial charge in [-0.1, -0.05) is 6.92 Å². The van der Waals surface area contributed by atoms with Gasteiger partial charge >= 0.3 is 0 Å². The van der Waals surface area contributed by atoms with Crippen LogP contribution in [0.4, 0.5) is 5.82 Å². The summed E-state index contributed by atoms with van der Waals surface area (Å²) in [6, 6.07) is 8.23. The SMILES string of the molecule is CSC(C)CNS(=O)(=O)c1ccc2nc(N)ccc2c1. The van der Waals surface area contributed by atoms with Gasteiger partial charge in [0.25, 0.3) is 0 Å². The van der Waals surface area contributed by atoms with Crippen molar-refractivity contribution in [1.29, 1.82) is 0 Å². The van der Waals surface area contributed by atoms with Crippen LogP contribution in [0.5, 0.6) is 0 Å². The molecule has 0 amide bonds. The Morgan fingerprint density at radius 3 is 2.80 bits per heavy atom. The number of nitrogens with zero attached hydrogens (tertiary/aromatic N) is 1. The number of thioether (sulfide) groups is 1. The minimum Gasteiger partial charge on any atom is -0.384 e. The fourth-order valence-electron chi connectivity index (χ4n) is 1.68. The van der Waals surface area contributed by atoms with Crippen LogP contribution in [-0.2, 0) is 10.0 Å². The van der Waals surface area contributed by atoms with Gasteiger partial charge in [0.1, 0.15) is 5.82 Å². The molecule has 7 heteroatoms. The summed E-state index contributed by atoms with van der Waals surface area (Å²) < 4.78 is 27.0. The second-order valence-electron chi connectivity index (χ2n) is 4.49. The zero-order chi connectivity index (χ0) is 14.8. The number of nitrogens with two attached hydrogens (primary N) is 1. The van der Waals surface area contributed by atoms with Gasteiger partial charge in [0.15, 0.2) is 0 Å². The molecule has 0 aliphatic carbocycles. The van der Waals surface area contributed by atoms with Crippen molar-refractivity contribution in [2.75, 3.05) is 18.5 Å². The highest BCUT2D eigenvalue weighted by Gasteiger charge is 2.15. The van der Waals surface area contributed by atoms with Crippen molar-refractivity contribution in [2.24, 2.45) is 0 Å². The normalized spacial score (nSPS) is 13.5. The van der Waals surface area contributed by atoms with Crippen LogP contribution >= 0.6 is 11.8 Å². The van der Waals surface area contributed by atoms with E-state index in [0.717, 1.165) is 5.39 Å². The van der Waals surface area contributed by atoms with E-state index in [9.17, 15) is 8.42 Å². The summed E-state index contributed by atoms with van der Waals surface area (Å²) in [6.45, 7) is 2.38. The highest BCUT2D eigenvalue weighted by atomic mass is 32.2. The van der Waals surface area contributed by atoms with Crippen LogP contribution in [0.15, 0.2) is 35.2 Å². The molecule has 3 N–H and O–H groups in total. The van der Waals surface area contributed by atoms with Gasteiger partial charge in [0.05, 0.1) is 10.4 Å². The summed E-state index contributed by atoms with van der Waals surface area (Å²) in [6.07, 6.45) is 1.95. The Kier molecular flexibility index (Phi) is 4.52. The maximum absolute atomic E-state index is 12.2. The lowest BCUT2D eigenvalue weighted by Crippen LogP contribution is -2.29. The summed E-state index contributed by atoms with van der Waals surface area (Å²) in [4.78, 5) is 4.39. The van der Waals surface area contributed by atoms with Crippen molar-refractivity contribution >= 4 is 38.5 Å². The Morgan fingerprint density at radius 1 is 1.35 bits per heavy atom. The number of benzene rings is 1. The third-order valence-corrected chi connectivity index (χ3v) is 5.35. The van der Waals surface area contributed by atoms with E-state index < -0.39 is 10.0 Å². The van der Waals surface area contributed by atoms with Crippen molar-refractivity contribution in [1.82, 2.24) is 9.71 Å². The molecule has 2 aromatic rings. The third-order valence-electron chi connectivity index (χ3n) is 2.96. The van der Waals surface area contributed by atoms with Gasteiger partial charge in [-0.05, 0) is 36.6 Å². The fourth-order valence-corrected chi connectivity index (χ4v) is 3.20. The molecule has 0 bridgehead atoms. The topological polar surface area (TPSA) is 85.1 Å². The highest BCUT2D eigenvalue weighted by molar-refractivity contribution is 7.99. The number of nitrogen functional groups attached to an aromatic ring is 1. The van der Waals surface area contributed by atoms with E-state index in [2.05, 4.69) is 9.71 Å². The Bertz CT molecular complexity index is 717.